The van der Waals surface area contributed by atoms with Crippen molar-refractivity contribution in [1.29, 1.82) is 0 Å². The second kappa shape index (κ2) is 10.2. The maximum Gasteiger partial charge on any atom is 0.337 e. The molecule has 0 aliphatic rings. The highest BCUT2D eigenvalue weighted by Gasteiger charge is 2.06. The van der Waals surface area contributed by atoms with E-state index in [0.717, 1.165) is 34.9 Å². The first-order valence-corrected chi connectivity index (χ1v) is 8.90. The Kier molecular flexibility index (Phi) is 7.67. The Hall–Kier alpha value is -3.02. The summed E-state index contributed by atoms with van der Waals surface area (Å²) in [6, 6.07) is 13.4. The smallest absolute Gasteiger partial charge is 0.337 e. The molecule has 2 N–H and O–H groups in total. The minimum atomic E-state index is -0.341. The molecule has 0 aliphatic heterocycles. The van der Waals surface area contributed by atoms with Crippen LogP contribution in [0.2, 0.25) is 0 Å². The number of hydrogen-bond acceptors (Lipinski definition) is 4. The van der Waals surface area contributed by atoms with Gasteiger partial charge in [0, 0.05) is 18.7 Å². The van der Waals surface area contributed by atoms with E-state index in [0.29, 0.717) is 18.7 Å². The van der Waals surface area contributed by atoms with Gasteiger partial charge in [-0.2, -0.15) is 0 Å². The number of benzene rings is 2. The number of carbonyl (C=O) groups is 1. The Balaban J connectivity index is 2.03. The molecule has 0 unspecified atom stereocenters. The van der Waals surface area contributed by atoms with Crippen LogP contribution in [0.5, 0.6) is 5.75 Å². The van der Waals surface area contributed by atoms with E-state index in [2.05, 4.69) is 27.8 Å². The van der Waals surface area contributed by atoms with Gasteiger partial charge in [-0.15, -0.1) is 0 Å². The van der Waals surface area contributed by atoms with Gasteiger partial charge in [0.1, 0.15) is 5.75 Å². The molecule has 0 saturated heterocycles. The van der Waals surface area contributed by atoms with Crippen LogP contribution in [0, 0.1) is 6.92 Å². The summed E-state index contributed by atoms with van der Waals surface area (Å²) in [6.07, 6.45) is 0. The number of rotatable bonds is 7. The van der Waals surface area contributed by atoms with Crippen LogP contribution in [-0.4, -0.2) is 32.7 Å². The van der Waals surface area contributed by atoms with Crippen LogP contribution < -0.4 is 15.4 Å². The zero-order valence-corrected chi connectivity index (χ0v) is 16.3. The summed E-state index contributed by atoms with van der Waals surface area (Å²) in [5, 5.41) is 6.56. The highest BCUT2D eigenvalue weighted by atomic mass is 16.5. The molecule has 2 aromatic rings. The molecule has 0 spiro atoms. The number of ether oxygens (including phenoxy) is 2. The minimum Gasteiger partial charge on any atom is -0.496 e. The van der Waals surface area contributed by atoms with Gasteiger partial charge in [0.25, 0.3) is 0 Å². The highest BCUT2D eigenvalue weighted by molar-refractivity contribution is 5.89. The third kappa shape index (κ3) is 6.02. The van der Waals surface area contributed by atoms with Crippen molar-refractivity contribution in [2.75, 3.05) is 20.8 Å². The number of guanidine groups is 1. The molecule has 0 radical (unpaired) electrons. The highest BCUT2D eigenvalue weighted by Crippen LogP contribution is 2.19. The number of esters is 1. The third-order valence-electron chi connectivity index (χ3n) is 4.03. The number of aryl methyl sites for hydroxylation is 1. The fourth-order valence-corrected chi connectivity index (χ4v) is 2.55. The molecule has 0 heterocycles. The zero-order chi connectivity index (χ0) is 19.6. The lowest BCUT2D eigenvalue weighted by Crippen LogP contribution is -2.36. The number of hydrogen-bond donors (Lipinski definition) is 2. The number of nitrogens with zero attached hydrogens (tertiary/aromatic N) is 1. The van der Waals surface area contributed by atoms with Crippen LogP contribution in [-0.2, 0) is 17.8 Å². The summed E-state index contributed by atoms with van der Waals surface area (Å²) >= 11 is 0. The molecule has 2 aromatic carbocycles. The molecule has 0 aliphatic carbocycles. The Morgan fingerprint density at radius 1 is 1.07 bits per heavy atom. The number of aliphatic imine (C=N–C) groups is 1. The fourth-order valence-electron chi connectivity index (χ4n) is 2.55. The molecule has 0 saturated carbocycles. The standard InChI is InChI=1S/C21H27N3O3/c1-5-22-21(24-14-18-9-6-15(2)12-19(18)26-3)23-13-16-7-10-17(11-8-16)20(25)27-4/h6-12H,5,13-14H2,1-4H3,(H2,22,23,24). The second-order valence-corrected chi connectivity index (χ2v) is 6.05. The molecular weight excluding hydrogens is 342 g/mol. The maximum atomic E-state index is 11.5. The van der Waals surface area contributed by atoms with Gasteiger partial charge in [0.05, 0.1) is 26.3 Å². The Bertz CT molecular complexity index is 786. The van der Waals surface area contributed by atoms with Gasteiger partial charge >= 0.3 is 5.97 Å². The van der Waals surface area contributed by atoms with Crippen LogP contribution in [0.4, 0.5) is 0 Å². The fraction of sp³-hybridized carbons (Fsp3) is 0.333. The van der Waals surface area contributed by atoms with Crippen LogP contribution in [0.25, 0.3) is 0 Å². The number of carbonyl (C=O) groups excluding carboxylic acids is 1. The molecule has 27 heavy (non-hydrogen) atoms. The average molecular weight is 369 g/mol. The summed E-state index contributed by atoms with van der Waals surface area (Å²) < 4.78 is 10.2. The Labute approximate surface area is 160 Å². The molecule has 0 bridgehead atoms. The summed E-state index contributed by atoms with van der Waals surface area (Å²) in [5.41, 5.74) is 3.76. The molecule has 0 aromatic heterocycles. The van der Waals surface area contributed by atoms with Crippen molar-refractivity contribution >= 4 is 11.9 Å². The predicted molar refractivity (Wildman–Crippen MR) is 107 cm³/mol. The van der Waals surface area contributed by atoms with E-state index in [1.165, 1.54) is 7.11 Å². The van der Waals surface area contributed by atoms with Crippen molar-refractivity contribution in [2.24, 2.45) is 4.99 Å². The van der Waals surface area contributed by atoms with Crippen LogP contribution in [0.1, 0.15) is 34.0 Å². The topological polar surface area (TPSA) is 72.0 Å². The lowest BCUT2D eigenvalue weighted by molar-refractivity contribution is 0.0600. The summed E-state index contributed by atoms with van der Waals surface area (Å²) in [5.74, 6) is 1.24. The minimum absolute atomic E-state index is 0.341. The van der Waals surface area contributed by atoms with E-state index >= 15 is 0 Å². The second-order valence-electron chi connectivity index (χ2n) is 6.05. The Morgan fingerprint density at radius 3 is 2.44 bits per heavy atom. The molecular formula is C21H27N3O3. The lowest BCUT2D eigenvalue weighted by atomic mass is 10.1. The van der Waals surface area contributed by atoms with Crippen LogP contribution in [0.15, 0.2) is 47.5 Å². The monoisotopic (exact) mass is 369 g/mol. The molecule has 6 nitrogen and oxygen atoms in total. The van der Waals surface area contributed by atoms with E-state index in [1.807, 2.05) is 32.0 Å². The molecule has 6 heteroatoms. The average Bonchev–Trinajstić information content (AvgIpc) is 2.70. The van der Waals surface area contributed by atoms with E-state index < -0.39 is 0 Å². The molecule has 144 valence electrons. The van der Waals surface area contributed by atoms with Crippen LogP contribution >= 0.6 is 0 Å². The van der Waals surface area contributed by atoms with E-state index in [4.69, 9.17) is 9.47 Å². The van der Waals surface area contributed by atoms with E-state index in [-0.39, 0.29) is 5.97 Å². The normalized spacial score (nSPS) is 11.0. The van der Waals surface area contributed by atoms with Gasteiger partial charge in [0.2, 0.25) is 0 Å². The SMILES string of the molecule is CCNC(=NCc1ccc(C(=O)OC)cc1)NCc1ccc(C)cc1OC. The number of methoxy groups -OCH3 is 2. The Morgan fingerprint density at radius 2 is 1.81 bits per heavy atom. The largest absolute Gasteiger partial charge is 0.496 e. The quantitative estimate of drug-likeness (QED) is 0.446. The van der Waals surface area contributed by atoms with Crippen molar-refractivity contribution in [3.8, 4) is 5.75 Å². The van der Waals surface area contributed by atoms with Gasteiger partial charge < -0.3 is 20.1 Å². The molecule has 0 atom stereocenters. The predicted octanol–water partition coefficient (Wildman–Crippen LogP) is 3.05. The van der Waals surface area contributed by atoms with Crippen molar-refractivity contribution < 1.29 is 14.3 Å². The molecule has 2 rings (SSSR count). The van der Waals surface area contributed by atoms with Crippen molar-refractivity contribution in [3.05, 3.63) is 64.7 Å². The van der Waals surface area contributed by atoms with E-state index in [1.54, 1.807) is 19.2 Å². The van der Waals surface area contributed by atoms with Gasteiger partial charge in [-0.3, -0.25) is 0 Å². The molecule has 0 fully saturated rings. The maximum absolute atomic E-state index is 11.5. The van der Waals surface area contributed by atoms with Crippen molar-refractivity contribution in [3.63, 3.8) is 0 Å². The van der Waals surface area contributed by atoms with E-state index in [9.17, 15) is 4.79 Å². The summed E-state index contributed by atoms with van der Waals surface area (Å²) in [4.78, 5) is 16.1. The van der Waals surface area contributed by atoms with Crippen molar-refractivity contribution in [1.82, 2.24) is 10.6 Å². The first-order chi connectivity index (χ1) is 13.1. The zero-order valence-electron chi connectivity index (χ0n) is 16.3. The first-order valence-electron chi connectivity index (χ1n) is 8.90. The van der Waals surface area contributed by atoms with Gasteiger partial charge in [-0.1, -0.05) is 24.3 Å². The van der Waals surface area contributed by atoms with Gasteiger partial charge in [-0.25, -0.2) is 9.79 Å². The summed E-state index contributed by atoms with van der Waals surface area (Å²) in [7, 11) is 3.05. The third-order valence-corrected chi connectivity index (χ3v) is 4.03. The van der Waals surface area contributed by atoms with Gasteiger partial charge in [-0.05, 0) is 43.2 Å². The van der Waals surface area contributed by atoms with Crippen LogP contribution in [0.3, 0.4) is 0 Å². The number of nitrogens with one attached hydrogen (secondary N) is 2. The lowest BCUT2D eigenvalue weighted by Gasteiger charge is -2.14. The first kappa shape index (κ1) is 20.3. The van der Waals surface area contributed by atoms with Crippen molar-refractivity contribution in [2.45, 2.75) is 26.9 Å². The van der Waals surface area contributed by atoms with Gasteiger partial charge in [0.15, 0.2) is 5.96 Å². The molecule has 0 amide bonds. The summed E-state index contributed by atoms with van der Waals surface area (Å²) in [6.45, 7) is 5.93.